The zero-order chi connectivity index (χ0) is 25.7. The summed E-state index contributed by atoms with van der Waals surface area (Å²) in [5.41, 5.74) is 0.996. The molecule has 2 heterocycles. The Balaban J connectivity index is 1.62. The standard InChI is InChI=1S/C25H24F2N2O5S2/c26-18-2-3-20(27)19(15-18)16-1-4-21(34-12-9-28-7-10-33-11-8-28)17(13-16)14-22-24(32)29(25(35)36-22)6-5-23(30)31/h1-4,13-15H,5-12H2,(H,30,31)/b22-14-. The number of benzene rings is 2. The van der Waals surface area contributed by atoms with Crippen LogP contribution in [0, 0.1) is 11.6 Å². The quantitative estimate of drug-likeness (QED) is 0.382. The molecule has 0 unspecified atom stereocenters. The van der Waals surface area contributed by atoms with Gasteiger partial charge >= 0.3 is 5.97 Å². The van der Waals surface area contributed by atoms with Crippen molar-refractivity contribution in [2.24, 2.45) is 0 Å². The van der Waals surface area contributed by atoms with Gasteiger partial charge in [0, 0.05) is 37.3 Å². The molecule has 36 heavy (non-hydrogen) atoms. The normalized spacial score (nSPS) is 17.7. The van der Waals surface area contributed by atoms with Crippen molar-refractivity contribution in [2.45, 2.75) is 6.42 Å². The number of hydrogen-bond donors (Lipinski definition) is 1. The van der Waals surface area contributed by atoms with E-state index in [0.29, 0.717) is 48.1 Å². The summed E-state index contributed by atoms with van der Waals surface area (Å²) in [6.07, 6.45) is 1.36. The Hall–Kier alpha value is -2.86. The van der Waals surface area contributed by atoms with Gasteiger partial charge in [-0.15, -0.1) is 0 Å². The number of nitrogens with zero attached hydrogens (tertiary/aromatic N) is 2. The maximum atomic E-state index is 14.5. The van der Waals surface area contributed by atoms with E-state index in [9.17, 15) is 18.4 Å². The largest absolute Gasteiger partial charge is 0.492 e. The van der Waals surface area contributed by atoms with Gasteiger partial charge in [-0.3, -0.25) is 19.4 Å². The minimum Gasteiger partial charge on any atom is -0.492 e. The number of carboxylic acid groups (broad SMARTS) is 1. The molecule has 1 amide bonds. The molecule has 2 aliphatic rings. The first-order chi connectivity index (χ1) is 17.3. The molecule has 0 atom stereocenters. The highest BCUT2D eigenvalue weighted by Gasteiger charge is 2.32. The van der Waals surface area contributed by atoms with Crippen LogP contribution in [0.5, 0.6) is 5.75 Å². The number of carbonyl (C=O) groups excluding carboxylic acids is 1. The molecule has 1 N–H and O–H groups in total. The number of thioether (sulfide) groups is 1. The first-order valence-electron chi connectivity index (χ1n) is 11.3. The highest BCUT2D eigenvalue weighted by molar-refractivity contribution is 8.26. The Labute approximate surface area is 216 Å². The lowest BCUT2D eigenvalue weighted by atomic mass is 10.0. The SMILES string of the molecule is O=C(O)CCN1C(=O)/C(=C/c2cc(-c3cc(F)ccc3F)ccc2OCCN2CCOCC2)SC1=S. The number of ether oxygens (including phenoxy) is 2. The molecule has 2 aliphatic heterocycles. The van der Waals surface area contributed by atoms with Crippen molar-refractivity contribution in [3.63, 3.8) is 0 Å². The Morgan fingerprint density at radius 3 is 2.69 bits per heavy atom. The lowest BCUT2D eigenvalue weighted by molar-refractivity contribution is -0.137. The third-order valence-electron chi connectivity index (χ3n) is 5.73. The molecule has 0 spiro atoms. The topological polar surface area (TPSA) is 79.3 Å². The van der Waals surface area contributed by atoms with Crippen LogP contribution in [0.2, 0.25) is 0 Å². The second-order valence-electron chi connectivity index (χ2n) is 8.16. The molecule has 0 aliphatic carbocycles. The maximum Gasteiger partial charge on any atom is 0.305 e. The van der Waals surface area contributed by atoms with Crippen molar-refractivity contribution in [1.29, 1.82) is 0 Å². The van der Waals surface area contributed by atoms with Crippen LogP contribution in [-0.2, 0) is 14.3 Å². The predicted octanol–water partition coefficient (Wildman–Crippen LogP) is 4.02. The zero-order valence-electron chi connectivity index (χ0n) is 19.2. The monoisotopic (exact) mass is 534 g/mol. The Morgan fingerprint density at radius 2 is 1.94 bits per heavy atom. The van der Waals surface area contributed by atoms with Gasteiger partial charge in [0.25, 0.3) is 5.91 Å². The van der Waals surface area contributed by atoms with E-state index in [0.717, 1.165) is 43.1 Å². The van der Waals surface area contributed by atoms with E-state index in [1.54, 1.807) is 24.3 Å². The van der Waals surface area contributed by atoms with Gasteiger partial charge in [-0.1, -0.05) is 30.0 Å². The fourth-order valence-electron chi connectivity index (χ4n) is 3.83. The molecule has 0 saturated carbocycles. The van der Waals surface area contributed by atoms with Crippen LogP contribution in [0.1, 0.15) is 12.0 Å². The van der Waals surface area contributed by atoms with Crippen molar-refractivity contribution in [3.05, 3.63) is 58.5 Å². The molecule has 2 aromatic carbocycles. The third kappa shape index (κ3) is 6.47. The van der Waals surface area contributed by atoms with Gasteiger partial charge < -0.3 is 14.6 Å². The Bertz CT molecular complexity index is 1200. The van der Waals surface area contributed by atoms with Crippen molar-refractivity contribution in [1.82, 2.24) is 9.80 Å². The minimum absolute atomic E-state index is 0.0329. The van der Waals surface area contributed by atoms with Gasteiger partial charge in [-0.25, -0.2) is 8.78 Å². The summed E-state index contributed by atoms with van der Waals surface area (Å²) in [7, 11) is 0. The predicted molar refractivity (Wildman–Crippen MR) is 137 cm³/mol. The number of thiocarbonyl (C=S) groups is 1. The number of rotatable bonds is 9. The second kappa shape index (κ2) is 11.9. The van der Waals surface area contributed by atoms with Crippen LogP contribution in [0.15, 0.2) is 41.3 Å². The summed E-state index contributed by atoms with van der Waals surface area (Å²) in [5, 5.41) is 8.95. The molecular formula is C25H24F2N2O5S2. The highest BCUT2D eigenvalue weighted by atomic mass is 32.2. The number of carbonyl (C=O) groups is 2. The molecule has 2 saturated heterocycles. The van der Waals surface area contributed by atoms with Gasteiger partial charge in [-0.2, -0.15) is 0 Å². The maximum absolute atomic E-state index is 14.5. The fourth-order valence-corrected chi connectivity index (χ4v) is 5.13. The van der Waals surface area contributed by atoms with Gasteiger partial charge in [-0.05, 0) is 42.0 Å². The lowest BCUT2D eigenvalue weighted by Gasteiger charge is -2.26. The molecule has 0 radical (unpaired) electrons. The average Bonchev–Trinajstić information content (AvgIpc) is 3.12. The van der Waals surface area contributed by atoms with E-state index in [-0.39, 0.29) is 22.8 Å². The number of morpholine rings is 1. The smallest absolute Gasteiger partial charge is 0.305 e. The molecule has 2 aromatic rings. The van der Waals surface area contributed by atoms with Crippen LogP contribution < -0.4 is 4.74 Å². The molecule has 11 heteroatoms. The summed E-state index contributed by atoms with van der Waals surface area (Å²) in [4.78, 5) is 27.6. The van der Waals surface area contributed by atoms with Crippen molar-refractivity contribution >= 4 is 46.3 Å². The van der Waals surface area contributed by atoms with Crippen LogP contribution in [0.4, 0.5) is 8.78 Å². The summed E-state index contributed by atoms with van der Waals surface area (Å²) >= 11 is 6.32. The molecule has 0 bridgehead atoms. The molecule has 0 aromatic heterocycles. The van der Waals surface area contributed by atoms with Crippen LogP contribution in [0.3, 0.4) is 0 Å². The molecule has 190 valence electrons. The molecule has 4 rings (SSSR count). The fraction of sp³-hybridized carbons (Fsp3) is 0.320. The van der Waals surface area contributed by atoms with Crippen molar-refractivity contribution in [3.8, 4) is 16.9 Å². The van der Waals surface area contributed by atoms with E-state index in [1.165, 1.54) is 4.90 Å². The van der Waals surface area contributed by atoms with Gasteiger partial charge in [0.05, 0.1) is 24.5 Å². The van der Waals surface area contributed by atoms with Crippen molar-refractivity contribution < 1.29 is 33.0 Å². The van der Waals surface area contributed by atoms with Gasteiger partial charge in [0.15, 0.2) is 0 Å². The van der Waals surface area contributed by atoms with E-state index in [2.05, 4.69) is 4.90 Å². The molecule has 7 nitrogen and oxygen atoms in total. The third-order valence-corrected chi connectivity index (χ3v) is 7.11. The Morgan fingerprint density at radius 1 is 1.17 bits per heavy atom. The number of amides is 1. The number of carboxylic acids is 1. The molecular weight excluding hydrogens is 510 g/mol. The van der Waals surface area contributed by atoms with Crippen molar-refractivity contribution in [2.75, 3.05) is 46.0 Å². The van der Waals surface area contributed by atoms with Crippen LogP contribution in [-0.4, -0.2) is 77.1 Å². The lowest BCUT2D eigenvalue weighted by Crippen LogP contribution is -2.38. The van der Waals surface area contributed by atoms with E-state index >= 15 is 0 Å². The van der Waals surface area contributed by atoms with Crippen LogP contribution in [0.25, 0.3) is 17.2 Å². The minimum atomic E-state index is -1.03. The van der Waals surface area contributed by atoms with Crippen LogP contribution >= 0.6 is 24.0 Å². The highest BCUT2D eigenvalue weighted by Crippen LogP contribution is 2.36. The average molecular weight is 535 g/mol. The van der Waals surface area contributed by atoms with E-state index in [1.807, 2.05) is 0 Å². The first-order valence-corrected chi connectivity index (χ1v) is 12.5. The first kappa shape index (κ1) is 26.2. The zero-order valence-corrected chi connectivity index (χ0v) is 20.9. The second-order valence-corrected chi connectivity index (χ2v) is 9.83. The van der Waals surface area contributed by atoms with Gasteiger partial charge in [0.1, 0.15) is 28.3 Å². The summed E-state index contributed by atoms with van der Waals surface area (Å²) in [6.45, 7) is 3.99. The Kier molecular flexibility index (Phi) is 8.68. The van der Waals surface area contributed by atoms with Gasteiger partial charge in [0.2, 0.25) is 0 Å². The number of halogens is 2. The summed E-state index contributed by atoms with van der Waals surface area (Å²) in [5.74, 6) is -2.12. The van der Waals surface area contributed by atoms with E-state index < -0.39 is 23.5 Å². The summed E-state index contributed by atoms with van der Waals surface area (Å²) in [6, 6.07) is 8.15. The van der Waals surface area contributed by atoms with E-state index in [4.69, 9.17) is 26.8 Å². The number of hydrogen-bond acceptors (Lipinski definition) is 7. The summed E-state index contributed by atoms with van der Waals surface area (Å²) < 4.78 is 39.9. The number of aliphatic carboxylic acids is 1. The molecule has 2 fully saturated rings.